The van der Waals surface area contributed by atoms with Gasteiger partial charge in [-0.15, -0.1) is 87.8 Å². The predicted molar refractivity (Wildman–Crippen MR) is 328 cm³/mol. The summed E-state index contributed by atoms with van der Waals surface area (Å²) in [5.41, 5.74) is 26.0. The Morgan fingerprint density at radius 1 is 0.350 bits per heavy atom. The summed E-state index contributed by atoms with van der Waals surface area (Å²) in [6.45, 7) is 8.37. The van der Waals surface area contributed by atoms with Gasteiger partial charge in [-0.2, -0.15) is 0 Å². The molecule has 1 radical (unpaired) electrons. The number of benzene rings is 9. The molecule has 6 heteroatoms. The van der Waals surface area contributed by atoms with Gasteiger partial charge in [-0.1, -0.05) is 179 Å². The second-order valence-electron chi connectivity index (χ2n) is 20.3. The van der Waals surface area contributed by atoms with Gasteiger partial charge >= 0.3 is 0 Å². The van der Waals surface area contributed by atoms with E-state index >= 15 is 0 Å². The Kier molecular flexibility index (Phi) is 13.6. The Hall–Kier alpha value is -9.32. The van der Waals surface area contributed by atoms with Crippen molar-refractivity contribution >= 4 is 32.8 Å². The zero-order chi connectivity index (χ0) is 52.4. The molecule has 0 bridgehead atoms. The predicted octanol–water partition coefficient (Wildman–Crippen LogP) is 18.8. The minimum atomic E-state index is 0. The van der Waals surface area contributed by atoms with Crippen LogP contribution in [0.2, 0.25) is 0 Å². The smallest absolute Gasteiger partial charge is 0.0609 e. The quantitative estimate of drug-likeness (QED) is 0.135. The molecule has 0 saturated carbocycles. The number of nitrogens with zero attached hydrogens (tertiary/aromatic N) is 5. The molecule has 9 aromatic carbocycles. The van der Waals surface area contributed by atoms with Gasteiger partial charge in [-0.25, -0.2) is 0 Å². The Morgan fingerprint density at radius 2 is 0.750 bits per heavy atom. The fraction of sp³-hybridized carbons (Fsp3) is 0.0541. The maximum absolute atomic E-state index is 4.94. The van der Waals surface area contributed by atoms with Gasteiger partial charge in [0.25, 0.3) is 0 Å². The Bertz CT molecular complexity index is 4460. The number of fused-ring (bicyclic) bond motifs is 6. The normalized spacial score (nSPS) is 11.3. The first-order chi connectivity index (χ1) is 38.3. The van der Waals surface area contributed by atoms with Gasteiger partial charge in [0.2, 0.25) is 0 Å². The fourth-order valence-corrected chi connectivity index (χ4v) is 11.3. The van der Waals surface area contributed by atoms with Crippen molar-refractivity contribution in [3.63, 3.8) is 0 Å². The Labute approximate surface area is 481 Å². The van der Waals surface area contributed by atoms with Crippen LogP contribution >= 0.6 is 0 Å². The molecule has 387 valence electrons. The summed E-state index contributed by atoms with van der Waals surface area (Å²) in [7, 11) is 0. The third-order valence-corrected chi connectivity index (χ3v) is 15.7. The van der Waals surface area contributed by atoms with Crippen LogP contribution in [0.3, 0.4) is 0 Å². The number of aromatic nitrogens is 5. The largest absolute Gasteiger partial charge is 0.358 e. The summed E-state index contributed by atoms with van der Waals surface area (Å²) in [5, 5.41) is 4.22. The van der Waals surface area contributed by atoms with Gasteiger partial charge in [-0.05, 0) is 126 Å². The topological polar surface area (TPSA) is 47.5 Å². The average Bonchev–Trinajstić information content (AvgIpc) is 4.03. The zero-order valence-electron chi connectivity index (χ0n) is 45.0. The van der Waals surface area contributed by atoms with Crippen LogP contribution in [0, 0.1) is 53.3 Å². The molecule has 0 saturated heterocycles. The molecule has 0 aliphatic carbocycles. The first-order valence-electron chi connectivity index (χ1n) is 26.5. The van der Waals surface area contributed by atoms with E-state index in [1.54, 1.807) is 0 Å². The number of rotatable bonds is 9. The van der Waals surface area contributed by atoms with Crippen molar-refractivity contribution in [3.8, 4) is 100 Å². The van der Waals surface area contributed by atoms with E-state index in [-0.39, 0.29) is 27.5 Å². The van der Waals surface area contributed by atoms with E-state index in [9.17, 15) is 0 Å². The average molecular weight is 1200 g/mol. The summed E-state index contributed by atoms with van der Waals surface area (Å²) >= 11 is 0. The number of imidazole rings is 2. The molecule has 0 N–H and O–H groups in total. The molecule has 0 aliphatic rings. The molecule has 0 spiro atoms. The first-order valence-corrected chi connectivity index (χ1v) is 26.5. The van der Waals surface area contributed by atoms with Gasteiger partial charge in [0.05, 0.1) is 11.3 Å². The van der Waals surface area contributed by atoms with E-state index in [0.29, 0.717) is 0 Å². The SMILES string of the molecule is Cc1nc2c3[c-]cc(-c4ccccc4-c4cc(-c5ccccc5-c5c[c-]c(-c6cc(-c7ccc(-c8ccccc8)cc7)ccn6)cc5)cc(-c5ccccc5-c5c[c-]c6c(ccn7c(C)c(C)nc67)c5)c4)cc3ccn2c1C.[CH3-].[Ir]. The molecule has 0 atom stereocenters. The molecule has 80 heavy (non-hydrogen) atoms. The molecule has 0 unspecified atom stereocenters. The van der Waals surface area contributed by atoms with Crippen molar-refractivity contribution in [1.29, 1.82) is 0 Å². The molecule has 14 rings (SSSR count). The Morgan fingerprint density at radius 3 is 1.21 bits per heavy atom. The number of aryl methyl sites for hydroxylation is 4. The molecular formula is C74H53IrN5-4. The van der Waals surface area contributed by atoms with Gasteiger partial charge in [0.1, 0.15) is 0 Å². The number of pyridine rings is 3. The van der Waals surface area contributed by atoms with Crippen LogP contribution in [-0.4, -0.2) is 23.8 Å². The van der Waals surface area contributed by atoms with Crippen molar-refractivity contribution in [2.24, 2.45) is 0 Å². The van der Waals surface area contributed by atoms with Gasteiger partial charge in [-0.3, -0.25) is 9.97 Å². The van der Waals surface area contributed by atoms with Crippen LogP contribution in [0.5, 0.6) is 0 Å². The van der Waals surface area contributed by atoms with Crippen LogP contribution in [0.4, 0.5) is 0 Å². The minimum Gasteiger partial charge on any atom is -0.358 e. The van der Waals surface area contributed by atoms with Crippen molar-refractivity contribution in [2.45, 2.75) is 27.7 Å². The molecule has 0 amide bonds. The van der Waals surface area contributed by atoms with Crippen LogP contribution in [-0.2, 0) is 20.1 Å². The van der Waals surface area contributed by atoms with Crippen LogP contribution in [0.1, 0.15) is 22.8 Å². The minimum absolute atomic E-state index is 0. The third-order valence-electron chi connectivity index (χ3n) is 15.7. The zero-order valence-corrected chi connectivity index (χ0v) is 47.4. The summed E-state index contributed by atoms with van der Waals surface area (Å²) < 4.78 is 4.33. The Balaban J connectivity index is 0.00000318. The molecule has 5 nitrogen and oxygen atoms in total. The second-order valence-corrected chi connectivity index (χ2v) is 20.3. The van der Waals surface area contributed by atoms with E-state index in [0.717, 1.165) is 145 Å². The van der Waals surface area contributed by atoms with Gasteiger partial charge < -0.3 is 21.2 Å². The van der Waals surface area contributed by atoms with Crippen LogP contribution in [0.25, 0.3) is 133 Å². The molecular weight excluding hydrogens is 1150 g/mol. The first kappa shape index (κ1) is 51.4. The molecule has 14 aromatic rings. The maximum atomic E-state index is 4.94. The van der Waals surface area contributed by atoms with Crippen molar-refractivity contribution in [3.05, 3.63) is 279 Å². The van der Waals surface area contributed by atoms with Crippen LogP contribution < -0.4 is 0 Å². The fourth-order valence-electron chi connectivity index (χ4n) is 11.3. The molecule has 0 aliphatic heterocycles. The van der Waals surface area contributed by atoms with Gasteiger partial charge in [0, 0.05) is 49.1 Å². The molecule has 5 aromatic heterocycles. The molecule has 5 heterocycles. The summed E-state index contributed by atoms with van der Waals surface area (Å²) in [5.74, 6) is 0. The summed E-state index contributed by atoms with van der Waals surface area (Å²) in [4.78, 5) is 14.7. The number of hydrogen-bond acceptors (Lipinski definition) is 3. The van der Waals surface area contributed by atoms with Crippen molar-refractivity contribution in [1.82, 2.24) is 23.8 Å². The van der Waals surface area contributed by atoms with Gasteiger partial charge in [0.15, 0.2) is 0 Å². The standard InChI is InChI=1S/C73H50N5.CH3.Ir/c1-46-48(3)77-38-35-58-40-56(30-32-69(58)72(77)75-46)64-17-9-12-20-67(64)61-42-60(43-62(44-61)68-21-13-10-18-65(68)57-31-33-70-59(41-57)36-39-78-49(4)47(2)76-73(70)78)66-19-11-8-16-63(66)53-26-28-54(29-27-53)71-45-55(34-37-74-71)52-24-22-51(23-25-52)50-14-6-5-7-15-50;;/h5-28,30-31,34-45H,1-4H3;1H3;/q-3;-1;. The van der Waals surface area contributed by atoms with Crippen molar-refractivity contribution in [2.75, 3.05) is 0 Å². The summed E-state index contributed by atoms with van der Waals surface area (Å²) in [6, 6.07) is 87.4. The number of hydrogen-bond donors (Lipinski definition) is 0. The van der Waals surface area contributed by atoms with E-state index in [1.165, 1.54) is 11.1 Å². The van der Waals surface area contributed by atoms with E-state index in [2.05, 4.69) is 273 Å². The van der Waals surface area contributed by atoms with E-state index < -0.39 is 0 Å². The summed E-state index contributed by atoms with van der Waals surface area (Å²) in [6.07, 6.45) is 6.15. The van der Waals surface area contributed by atoms with E-state index in [1.807, 2.05) is 12.3 Å². The third kappa shape index (κ3) is 9.12. The maximum Gasteiger partial charge on any atom is 0.0609 e. The van der Waals surface area contributed by atoms with E-state index in [4.69, 9.17) is 15.0 Å². The second kappa shape index (κ2) is 21.1. The van der Waals surface area contributed by atoms with Crippen molar-refractivity contribution < 1.29 is 20.1 Å². The van der Waals surface area contributed by atoms with Crippen LogP contribution in [0.15, 0.2) is 231 Å². The molecule has 0 fully saturated rings. The monoisotopic (exact) mass is 1200 g/mol.